The van der Waals surface area contributed by atoms with Crippen molar-refractivity contribution in [2.75, 3.05) is 12.4 Å². The average molecular weight is 411 g/mol. The summed E-state index contributed by atoms with van der Waals surface area (Å²) in [5.41, 5.74) is 2.87. The van der Waals surface area contributed by atoms with Crippen molar-refractivity contribution >= 4 is 22.9 Å². The molecule has 0 saturated heterocycles. The Labute approximate surface area is 173 Å². The summed E-state index contributed by atoms with van der Waals surface area (Å²) in [6.07, 6.45) is 0.361. The molecule has 0 aliphatic carbocycles. The highest BCUT2D eigenvalue weighted by Crippen LogP contribution is 2.48. The monoisotopic (exact) mass is 411 g/mol. The van der Waals surface area contributed by atoms with Gasteiger partial charge in [0.15, 0.2) is 11.5 Å². The molecule has 1 amide bonds. The van der Waals surface area contributed by atoms with Crippen molar-refractivity contribution in [1.29, 1.82) is 0 Å². The molecule has 1 aliphatic heterocycles. The van der Waals surface area contributed by atoms with Gasteiger partial charge in [0.1, 0.15) is 5.82 Å². The van der Waals surface area contributed by atoms with Gasteiger partial charge in [0, 0.05) is 33.7 Å². The minimum absolute atomic E-state index is 0.0300. The van der Waals surface area contributed by atoms with E-state index < -0.39 is 0 Å². The molecule has 1 aromatic heterocycles. The second kappa shape index (κ2) is 7.87. The van der Waals surface area contributed by atoms with Gasteiger partial charge in [0.05, 0.1) is 18.9 Å². The standard InChI is InChI=1S/C23H22FNO3S/c1-13(2)28-19-9-8-14(10-20(19)27-3)16-11-21(26)25-22-17(12-29-23(16)22)15-6-4-5-7-18(15)24/h4-10,12-13,16H,11H2,1-3H3,(H,25,26)/t16-/m1/s1. The van der Waals surface area contributed by atoms with Gasteiger partial charge in [-0.1, -0.05) is 24.3 Å². The first-order valence-corrected chi connectivity index (χ1v) is 10.4. The Morgan fingerprint density at radius 3 is 2.66 bits per heavy atom. The summed E-state index contributed by atoms with van der Waals surface area (Å²) in [7, 11) is 1.60. The third-order valence-electron chi connectivity index (χ3n) is 4.91. The summed E-state index contributed by atoms with van der Waals surface area (Å²) in [5, 5.41) is 4.86. The van der Waals surface area contributed by atoms with Crippen LogP contribution in [0.1, 0.15) is 36.6 Å². The number of anilines is 1. The van der Waals surface area contributed by atoms with Gasteiger partial charge in [-0.3, -0.25) is 4.79 Å². The maximum absolute atomic E-state index is 14.3. The van der Waals surface area contributed by atoms with Crippen LogP contribution in [0.2, 0.25) is 0 Å². The molecule has 29 heavy (non-hydrogen) atoms. The molecule has 150 valence electrons. The van der Waals surface area contributed by atoms with Crippen molar-refractivity contribution < 1.29 is 18.7 Å². The number of halogens is 1. The Hall–Kier alpha value is -2.86. The number of hydrogen-bond donors (Lipinski definition) is 1. The van der Waals surface area contributed by atoms with Crippen LogP contribution in [0, 0.1) is 5.82 Å². The van der Waals surface area contributed by atoms with Crippen LogP contribution in [0.15, 0.2) is 47.8 Å². The molecule has 6 heteroatoms. The van der Waals surface area contributed by atoms with Crippen LogP contribution in [-0.2, 0) is 4.79 Å². The average Bonchev–Trinajstić information content (AvgIpc) is 3.11. The molecule has 3 aromatic rings. The van der Waals surface area contributed by atoms with Crippen LogP contribution >= 0.6 is 11.3 Å². The zero-order valence-corrected chi connectivity index (χ0v) is 17.3. The van der Waals surface area contributed by atoms with E-state index in [-0.39, 0.29) is 23.7 Å². The number of rotatable bonds is 5. The Morgan fingerprint density at radius 2 is 1.93 bits per heavy atom. The quantitative estimate of drug-likeness (QED) is 0.575. The third-order valence-corrected chi connectivity index (χ3v) is 6.00. The predicted molar refractivity (Wildman–Crippen MR) is 114 cm³/mol. The van der Waals surface area contributed by atoms with Gasteiger partial charge in [-0.25, -0.2) is 4.39 Å². The van der Waals surface area contributed by atoms with Gasteiger partial charge in [-0.2, -0.15) is 0 Å². The molecule has 0 unspecified atom stereocenters. The summed E-state index contributed by atoms with van der Waals surface area (Å²) in [6, 6.07) is 12.4. The van der Waals surface area contributed by atoms with E-state index in [2.05, 4.69) is 5.32 Å². The van der Waals surface area contributed by atoms with E-state index in [0.29, 0.717) is 34.7 Å². The molecule has 2 heterocycles. The number of carbonyl (C=O) groups excluding carboxylic acids is 1. The van der Waals surface area contributed by atoms with Gasteiger partial charge in [0.2, 0.25) is 5.91 Å². The highest BCUT2D eigenvalue weighted by atomic mass is 32.1. The second-order valence-electron chi connectivity index (χ2n) is 7.25. The number of nitrogens with one attached hydrogen (secondary N) is 1. The van der Waals surface area contributed by atoms with E-state index in [1.807, 2.05) is 37.4 Å². The van der Waals surface area contributed by atoms with Crippen LogP contribution in [0.25, 0.3) is 11.1 Å². The van der Waals surface area contributed by atoms with Gasteiger partial charge >= 0.3 is 0 Å². The van der Waals surface area contributed by atoms with Crippen molar-refractivity contribution in [3.05, 3.63) is 64.1 Å². The van der Waals surface area contributed by atoms with Crippen molar-refractivity contribution in [3.8, 4) is 22.6 Å². The molecule has 0 saturated carbocycles. The summed E-state index contributed by atoms with van der Waals surface area (Å²) >= 11 is 1.54. The van der Waals surface area contributed by atoms with Crippen molar-refractivity contribution in [3.63, 3.8) is 0 Å². The van der Waals surface area contributed by atoms with Gasteiger partial charge < -0.3 is 14.8 Å². The molecule has 4 rings (SSSR count). The summed E-state index contributed by atoms with van der Waals surface area (Å²) in [4.78, 5) is 13.5. The fraction of sp³-hybridized carbons (Fsp3) is 0.261. The fourth-order valence-corrected chi connectivity index (χ4v) is 4.78. The Bertz CT molecular complexity index is 1060. The number of fused-ring (bicyclic) bond motifs is 1. The van der Waals surface area contributed by atoms with E-state index >= 15 is 0 Å². The van der Waals surface area contributed by atoms with Crippen LogP contribution in [0.3, 0.4) is 0 Å². The van der Waals surface area contributed by atoms with Gasteiger partial charge in [0.25, 0.3) is 0 Å². The number of hydrogen-bond acceptors (Lipinski definition) is 4. The summed E-state index contributed by atoms with van der Waals surface area (Å²) in [6.45, 7) is 3.92. The molecule has 0 bridgehead atoms. The topological polar surface area (TPSA) is 47.6 Å². The lowest BCUT2D eigenvalue weighted by Crippen LogP contribution is -2.22. The maximum Gasteiger partial charge on any atom is 0.225 e. The van der Waals surface area contributed by atoms with E-state index in [4.69, 9.17) is 9.47 Å². The Balaban J connectivity index is 1.77. The number of thiophene rings is 1. The SMILES string of the molecule is COc1cc([C@H]2CC(=O)Nc3c(-c4ccccc4F)csc32)ccc1OC(C)C. The van der Waals surface area contributed by atoms with Gasteiger partial charge in [-0.15, -0.1) is 11.3 Å². The Kier molecular flexibility index (Phi) is 5.28. The molecule has 0 radical (unpaired) electrons. The first-order valence-electron chi connectivity index (χ1n) is 9.48. The summed E-state index contributed by atoms with van der Waals surface area (Å²) in [5.74, 6) is 0.798. The fourth-order valence-electron chi connectivity index (χ4n) is 3.63. The number of carbonyl (C=O) groups is 1. The van der Waals surface area contributed by atoms with E-state index in [9.17, 15) is 9.18 Å². The summed E-state index contributed by atoms with van der Waals surface area (Å²) < 4.78 is 25.7. The molecule has 2 aromatic carbocycles. The molecule has 0 spiro atoms. The lowest BCUT2D eigenvalue weighted by molar-refractivity contribution is -0.116. The minimum Gasteiger partial charge on any atom is -0.493 e. The highest BCUT2D eigenvalue weighted by Gasteiger charge is 2.31. The first-order chi connectivity index (χ1) is 14.0. The smallest absolute Gasteiger partial charge is 0.225 e. The zero-order chi connectivity index (χ0) is 20.5. The van der Waals surface area contributed by atoms with Gasteiger partial charge in [-0.05, 0) is 37.6 Å². The predicted octanol–water partition coefficient (Wildman–Crippen LogP) is 5.82. The van der Waals surface area contributed by atoms with E-state index in [1.54, 1.807) is 25.3 Å². The normalized spacial score (nSPS) is 15.8. The lowest BCUT2D eigenvalue weighted by atomic mass is 9.89. The van der Waals surface area contributed by atoms with E-state index in [0.717, 1.165) is 10.4 Å². The Morgan fingerprint density at radius 1 is 1.14 bits per heavy atom. The van der Waals surface area contributed by atoms with Crippen LogP contribution < -0.4 is 14.8 Å². The maximum atomic E-state index is 14.3. The number of methoxy groups -OCH3 is 1. The van der Waals surface area contributed by atoms with Crippen LogP contribution in [0.4, 0.5) is 10.1 Å². The molecule has 1 aliphatic rings. The largest absolute Gasteiger partial charge is 0.493 e. The van der Waals surface area contributed by atoms with Crippen molar-refractivity contribution in [1.82, 2.24) is 0 Å². The highest BCUT2D eigenvalue weighted by molar-refractivity contribution is 7.11. The molecule has 1 atom stereocenters. The molecule has 0 fully saturated rings. The molecule has 1 N–H and O–H groups in total. The lowest BCUT2D eigenvalue weighted by Gasteiger charge is -2.25. The zero-order valence-electron chi connectivity index (χ0n) is 16.5. The number of benzene rings is 2. The van der Waals surface area contributed by atoms with Crippen molar-refractivity contribution in [2.24, 2.45) is 0 Å². The molecular formula is C23H22FNO3S. The second-order valence-corrected chi connectivity index (χ2v) is 8.16. The number of ether oxygens (including phenoxy) is 2. The van der Waals surface area contributed by atoms with Crippen LogP contribution in [0.5, 0.6) is 11.5 Å². The number of amides is 1. The van der Waals surface area contributed by atoms with Crippen molar-refractivity contribution in [2.45, 2.75) is 32.3 Å². The minimum atomic E-state index is -0.304. The van der Waals surface area contributed by atoms with Crippen LogP contribution in [-0.4, -0.2) is 19.1 Å². The first kappa shape index (κ1) is 19.5. The van der Waals surface area contributed by atoms with E-state index in [1.165, 1.54) is 17.4 Å². The molecular weight excluding hydrogens is 389 g/mol. The molecule has 4 nitrogen and oxygen atoms in total. The third kappa shape index (κ3) is 3.72.